The van der Waals surface area contributed by atoms with Crippen molar-refractivity contribution < 1.29 is 5.11 Å². The van der Waals surface area contributed by atoms with Gasteiger partial charge in [0.25, 0.3) is 0 Å². The van der Waals surface area contributed by atoms with E-state index in [4.69, 9.17) is 10.4 Å². The molecule has 1 fully saturated rings. The van der Waals surface area contributed by atoms with Gasteiger partial charge in [-0.15, -0.1) is 0 Å². The Labute approximate surface area is 83.5 Å². The minimum Gasteiger partial charge on any atom is -0.395 e. The summed E-state index contributed by atoms with van der Waals surface area (Å²) in [5, 5.41) is 21.3. The standard InChI is InChI=1S/C9H16N2OS/c1-8-9(7-10,11-4-5-12)3-2-6-13-8/h8,11-12H,2-6H2,1H3. The fourth-order valence-electron chi connectivity index (χ4n) is 1.65. The minimum absolute atomic E-state index is 0.0980. The Kier molecular flexibility index (Phi) is 4.04. The molecule has 4 heteroatoms. The number of hydrogen-bond donors (Lipinski definition) is 2. The molecule has 0 bridgehead atoms. The lowest BCUT2D eigenvalue weighted by atomic mass is 9.91. The van der Waals surface area contributed by atoms with Gasteiger partial charge in [0, 0.05) is 11.8 Å². The van der Waals surface area contributed by atoms with Gasteiger partial charge in [-0.1, -0.05) is 6.92 Å². The molecule has 2 unspecified atom stereocenters. The molecular formula is C9H16N2OS. The Hall–Kier alpha value is -0.240. The second kappa shape index (κ2) is 4.85. The summed E-state index contributed by atoms with van der Waals surface area (Å²) in [5.74, 6) is 1.14. The quantitative estimate of drug-likeness (QED) is 0.706. The van der Waals surface area contributed by atoms with Gasteiger partial charge in [0.15, 0.2) is 0 Å². The molecule has 1 heterocycles. The van der Waals surface area contributed by atoms with Gasteiger partial charge in [0.1, 0.15) is 5.54 Å². The van der Waals surface area contributed by atoms with E-state index in [2.05, 4.69) is 18.3 Å². The summed E-state index contributed by atoms with van der Waals surface area (Å²) in [6, 6.07) is 2.36. The number of nitrogens with zero attached hydrogens (tertiary/aromatic N) is 1. The highest BCUT2D eigenvalue weighted by atomic mass is 32.2. The van der Waals surface area contributed by atoms with E-state index in [1.165, 1.54) is 0 Å². The summed E-state index contributed by atoms with van der Waals surface area (Å²) in [7, 11) is 0. The molecule has 0 spiro atoms. The first kappa shape index (κ1) is 10.8. The van der Waals surface area contributed by atoms with Gasteiger partial charge in [-0.25, -0.2) is 0 Å². The lowest BCUT2D eigenvalue weighted by Gasteiger charge is -2.37. The molecule has 3 nitrogen and oxygen atoms in total. The third-order valence-corrected chi connectivity index (χ3v) is 3.96. The van der Waals surface area contributed by atoms with Crippen LogP contribution in [0.25, 0.3) is 0 Å². The summed E-state index contributed by atoms with van der Waals surface area (Å²) in [5.41, 5.74) is -0.411. The molecular weight excluding hydrogens is 184 g/mol. The zero-order valence-electron chi connectivity index (χ0n) is 7.92. The molecule has 0 amide bonds. The van der Waals surface area contributed by atoms with E-state index in [1.807, 2.05) is 11.8 Å². The van der Waals surface area contributed by atoms with Crippen LogP contribution in [0.4, 0.5) is 0 Å². The number of nitriles is 1. The predicted molar refractivity (Wildman–Crippen MR) is 54.6 cm³/mol. The van der Waals surface area contributed by atoms with Crippen molar-refractivity contribution in [2.75, 3.05) is 18.9 Å². The van der Waals surface area contributed by atoms with E-state index < -0.39 is 5.54 Å². The van der Waals surface area contributed by atoms with Gasteiger partial charge in [0.2, 0.25) is 0 Å². The van der Waals surface area contributed by atoms with Crippen molar-refractivity contribution in [3.05, 3.63) is 0 Å². The largest absolute Gasteiger partial charge is 0.395 e. The van der Waals surface area contributed by atoms with Crippen LogP contribution < -0.4 is 5.32 Å². The van der Waals surface area contributed by atoms with Crippen LogP contribution in [0.5, 0.6) is 0 Å². The van der Waals surface area contributed by atoms with Crippen molar-refractivity contribution in [3.8, 4) is 6.07 Å². The maximum absolute atomic E-state index is 9.13. The molecule has 2 atom stereocenters. The van der Waals surface area contributed by atoms with Crippen LogP contribution in [0, 0.1) is 11.3 Å². The SMILES string of the molecule is CC1SCCCC1(C#N)NCCO. The number of nitrogens with one attached hydrogen (secondary N) is 1. The monoisotopic (exact) mass is 200 g/mol. The summed E-state index contributed by atoms with van der Waals surface area (Å²) >= 11 is 1.83. The van der Waals surface area contributed by atoms with Crippen LogP contribution in [0.15, 0.2) is 0 Å². The number of aliphatic hydroxyl groups is 1. The highest BCUT2D eigenvalue weighted by Crippen LogP contribution is 2.33. The van der Waals surface area contributed by atoms with Crippen LogP contribution in [-0.2, 0) is 0 Å². The van der Waals surface area contributed by atoms with Crippen LogP contribution in [-0.4, -0.2) is 34.8 Å². The normalized spacial score (nSPS) is 34.1. The first-order chi connectivity index (χ1) is 6.25. The molecule has 1 saturated heterocycles. The molecule has 0 aromatic heterocycles. The third kappa shape index (κ3) is 2.37. The minimum atomic E-state index is -0.411. The fourth-order valence-corrected chi connectivity index (χ4v) is 2.86. The van der Waals surface area contributed by atoms with E-state index in [0.29, 0.717) is 11.8 Å². The fraction of sp³-hybridized carbons (Fsp3) is 0.889. The van der Waals surface area contributed by atoms with Crippen LogP contribution in [0.3, 0.4) is 0 Å². The molecule has 1 aliphatic rings. The molecule has 1 rings (SSSR count). The smallest absolute Gasteiger partial charge is 0.118 e. The molecule has 0 saturated carbocycles. The molecule has 74 valence electrons. The van der Waals surface area contributed by atoms with Crippen molar-refractivity contribution in [1.82, 2.24) is 5.32 Å². The highest BCUT2D eigenvalue weighted by Gasteiger charge is 2.38. The molecule has 13 heavy (non-hydrogen) atoms. The Balaban J connectivity index is 2.60. The lowest BCUT2D eigenvalue weighted by molar-refractivity contribution is 0.264. The summed E-state index contributed by atoms with van der Waals surface area (Å²) < 4.78 is 0. The topological polar surface area (TPSA) is 56.0 Å². The summed E-state index contributed by atoms with van der Waals surface area (Å²) in [4.78, 5) is 0. The van der Waals surface area contributed by atoms with Crippen molar-refractivity contribution in [1.29, 1.82) is 5.26 Å². The Morgan fingerprint density at radius 2 is 2.54 bits per heavy atom. The number of aliphatic hydroxyl groups excluding tert-OH is 1. The Morgan fingerprint density at radius 1 is 1.77 bits per heavy atom. The van der Waals surface area contributed by atoms with E-state index in [1.54, 1.807) is 0 Å². The van der Waals surface area contributed by atoms with Gasteiger partial charge < -0.3 is 5.11 Å². The van der Waals surface area contributed by atoms with E-state index >= 15 is 0 Å². The van der Waals surface area contributed by atoms with Gasteiger partial charge in [-0.2, -0.15) is 17.0 Å². The molecule has 0 aliphatic carbocycles. The third-order valence-electron chi connectivity index (χ3n) is 2.53. The molecule has 0 aromatic rings. The van der Waals surface area contributed by atoms with Gasteiger partial charge in [0.05, 0.1) is 12.7 Å². The van der Waals surface area contributed by atoms with E-state index in [-0.39, 0.29) is 6.61 Å². The Bertz CT molecular complexity index is 204. The van der Waals surface area contributed by atoms with E-state index in [9.17, 15) is 0 Å². The summed E-state index contributed by atoms with van der Waals surface area (Å²) in [6.07, 6.45) is 1.98. The zero-order valence-corrected chi connectivity index (χ0v) is 8.73. The average molecular weight is 200 g/mol. The van der Waals surface area contributed by atoms with Crippen molar-refractivity contribution in [2.24, 2.45) is 0 Å². The number of rotatable bonds is 3. The van der Waals surface area contributed by atoms with Gasteiger partial charge in [-0.3, -0.25) is 5.32 Å². The number of β-amino-alcohol motifs (C(OH)–C–C–N with tert-alkyl or cyclic N) is 1. The predicted octanol–water partition coefficient (Wildman–Crippen LogP) is 0.746. The first-order valence-electron chi connectivity index (χ1n) is 4.64. The first-order valence-corrected chi connectivity index (χ1v) is 5.69. The van der Waals surface area contributed by atoms with Gasteiger partial charge >= 0.3 is 0 Å². The average Bonchev–Trinajstić information content (AvgIpc) is 2.17. The maximum Gasteiger partial charge on any atom is 0.118 e. The van der Waals surface area contributed by atoms with Crippen molar-refractivity contribution in [2.45, 2.75) is 30.6 Å². The highest BCUT2D eigenvalue weighted by molar-refractivity contribution is 8.00. The zero-order chi connectivity index (χ0) is 9.73. The van der Waals surface area contributed by atoms with Crippen LogP contribution in [0.2, 0.25) is 0 Å². The molecule has 1 aliphatic heterocycles. The van der Waals surface area contributed by atoms with Crippen molar-refractivity contribution >= 4 is 11.8 Å². The second-order valence-corrected chi connectivity index (χ2v) is 4.80. The number of hydrogen-bond acceptors (Lipinski definition) is 4. The maximum atomic E-state index is 9.13. The lowest BCUT2D eigenvalue weighted by Crippen LogP contribution is -2.53. The number of thioether (sulfide) groups is 1. The van der Waals surface area contributed by atoms with Crippen LogP contribution >= 0.6 is 11.8 Å². The molecule has 0 radical (unpaired) electrons. The summed E-state index contributed by atoms with van der Waals surface area (Å²) in [6.45, 7) is 2.69. The molecule has 2 N–H and O–H groups in total. The van der Waals surface area contributed by atoms with E-state index in [0.717, 1.165) is 18.6 Å². The van der Waals surface area contributed by atoms with Crippen molar-refractivity contribution in [3.63, 3.8) is 0 Å². The van der Waals surface area contributed by atoms with Crippen LogP contribution in [0.1, 0.15) is 19.8 Å². The Morgan fingerprint density at radius 3 is 3.08 bits per heavy atom. The second-order valence-electron chi connectivity index (χ2n) is 3.35. The van der Waals surface area contributed by atoms with Gasteiger partial charge in [-0.05, 0) is 18.6 Å². The molecule has 0 aromatic carbocycles.